The lowest BCUT2D eigenvalue weighted by Gasteiger charge is -2.29. The van der Waals surface area contributed by atoms with Crippen molar-refractivity contribution in [3.63, 3.8) is 0 Å². The minimum Gasteiger partial charge on any atom is -0.491 e. The van der Waals surface area contributed by atoms with Gasteiger partial charge in [-0.3, -0.25) is 0 Å². The molecule has 40 heavy (non-hydrogen) atoms. The Labute approximate surface area is 235 Å². The fourth-order valence-electron chi connectivity index (χ4n) is 5.32. The van der Waals surface area contributed by atoms with Crippen molar-refractivity contribution in [2.24, 2.45) is 0 Å². The predicted molar refractivity (Wildman–Crippen MR) is 153 cm³/mol. The fraction of sp³-hybridized carbons (Fsp3) is 0.412. The van der Waals surface area contributed by atoms with Gasteiger partial charge < -0.3 is 14.6 Å². The van der Waals surface area contributed by atoms with Crippen LogP contribution in [0.15, 0.2) is 67.3 Å². The van der Waals surface area contributed by atoms with Gasteiger partial charge in [-0.1, -0.05) is 61.9 Å². The first-order valence-electron chi connectivity index (χ1n) is 14.3. The zero-order valence-corrected chi connectivity index (χ0v) is 23.2. The number of aliphatic hydroxyl groups is 1. The van der Waals surface area contributed by atoms with Crippen LogP contribution in [0.1, 0.15) is 87.0 Å². The lowest BCUT2D eigenvalue weighted by molar-refractivity contribution is 0.0119. The molecular formula is C34H39F3O3. The zero-order chi connectivity index (χ0) is 28.5. The highest BCUT2D eigenvalue weighted by Gasteiger charge is 2.25. The van der Waals surface area contributed by atoms with E-state index in [-0.39, 0.29) is 41.3 Å². The Bertz CT molecular complexity index is 1250. The fourth-order valence-corrected chi connectivity index (χ4v) is 5.32. The Hall–Kier alpha value is -3.09. The maximum atomic E-state index is 15.0. The number of benzene rings is 3. The molecule has 214 valence electrons. The molecule has 1 atom stereocenters. The quantitative estimate of drug-likeness (QED) is 0.170. The second kappa shape index (κ2) is 14.5. The van der Waals surface area contributed by atoms with Gasteiger partial charge in [-0.05, 0) is 79.7 Å². The summed E-state index contributed by atoms with van der Waals surface area (Å²) in [5.74, 6) is -1.65. The van der Waals surface area contributed by atoms with E-state index in [1.807, 2.05) is 19.1 Å². The summed E-state index contributed by atoms with van der Waals surface area (Å²) in [6.07, 6.45) is 7.54. The molecule has 0 heterocycles. The molecular weight excluding hydrogens is 513 g/mol. The molecule has 1 fully saturated rings. The number of hydrogen-bond acceptors (Lipinski definition) is 3. The summed E-state index contributed by atoms with van der Waals surface area (Å²) in [6, 6.07) is 15.3. The van der Waals surface area contributed by atoms with Gasteiger partial charge in [0.05, 0.1) is 25.4 Å². The van der Waals surface area contributed by atoms with Gasteiger partial charge in [-0.25, -0.2) is 13.2 Å². The van der Waals surface area contributed by atoms with Crippen molar-refractivity contribution in [1.82, 2.24) is 0 Å². The third-order valence-electron chi connectivity index (χ3n) is 7.72. The molecule has 0 amide bonds. The maximum absolute atomic E-state index is 15.0. The van der Waals surface area contributed by atoms with E-state index in [4.69, 9.17) is 9.47 Å². The predicted octanol–water partition coefficient (Wildman–Crippen LogP) is 9.19. The molecule has 1 aliphatic rings. The number of aliphatic hydroxyl groups excluding tert-OH is 1. The van der Waals surface area contributed by atoms with E-state index < -0.39 is 17.7 Å². The molecule has 3 nitrogen and oxygen atoms in total. The van der Waals surface area contributed by atoms with E-state index in [2.05, 4.69) is 6.58 Å². The lowest BCUT2D eigenvalue weighted by atomic mass is 9.82. The molecule has 0 radical (unpaired) electrons. The Morgan fingerprint density at radius 3 is 2.40 bits per heavy atom. The van der Waals surface area contributed by atoms with Gasteiger partial charge in [0, 0.05) is 11.1 Å². The number of ether oxygens (including phenoxy) is 2. The van der Waals surface area contributed by atoms with Crippen LogP contribution in [0.5, 0.6) is 5.75 Å². The highest BCUT2D eigenvalue weighted by atomic mass is 19.2. The molecule has 3 aromatic rings. The summed E-state index contributed by atoms with van der Waals surface area (Å²) in [5.41, 5.74) is 2.63. The van der Waals surface area contributed by atoms with E-state index in [0.717, 1.165) is 56.1 Å². The molecule has 1 N–H and O–H groups in total. The first-order valence-corrected chi connectivity index (χ1v) is 14.3. The number of unbranched alkanes of at least 4 members (excludes halogenated alkanes) is 1. The molecule has 3 aromatic carbocycles. The molecule has 1 saturated carbocycles. The summed E-state index contributed by atoms with van der Waals surface area (Å²) >= 11 is 0. The van der Waals surface area contributed by atoms with E-state index in [0.29, 0.717) is 18.6 Å². The van der Waals surface area contributed by atoms with Gasteiger partial charge in [-0.15, -0.1) is 6.58 Å². The standard InChI is InChI=1S/C34H39F3O3/c1-3-5-6-20-39-32-19-15-26(21-30(32)35)23-12-16-28(17-13-23)40-22-27-14-18-29(34(37)33(27)36)24-8-10-25(11-9-24)31(38)7-4-2/h3,8-11,14-15,18-19,21,23,28,31,38H,1,4-7,12-13,16-17,20,22H2,2H3. The van der Waals surface area contributed by atoms with Crippen molar-refractivity contribution in [3.05, 3.63) is 101 Å². The average Bonchev–Trinajstić information content (AvgIpc) is 2.97. The molecule has 0 saturated heterocycles. The largest absolute Gasteiger partial charge is 0.491 e. The molecule has 4 rings (SSSR count). The average molecular weight is 553 g/mol. The van der Waals surface area contributed by atoms with E-state index in [9.17, 15) is 18.3 Å². The highest BCUT2D eigenvalue weighted by Crippen LogP contribution is 2.36. The first-order chi connectivity index (χ1) is 19.4. The third-order valence-corrected chi connectivity index (χ3v) is 7.72. The molecule has 0 aliphatic heterocycles. The molecule has 0 aromatic heterocycles. The highest BCUT2D eigenvalue weighted by molar-refractivity contribution is 5.65. The van der Waals surface area contributed by atoms with Crippen molar-refractivity contribution in [3.8, 4) is 16.9 Å². The normalized spacial score (nSPS) is 17.9. The monoisotopic (exact) mass is 552 g/mol. The molecule has 0 spiro atoms. The number of halogens is 3. The van der Waals surface area contributed by atoms with Crippen molar-refractivity contribution >= 4 is 0 Å². The Morgan fingerprint density at radius 2 is 1.73 bits per heavy atom. The topological polar surface area (TPSA) is 38.7 Å². The molecule has 1 unspecified atom stereocenters. The van der Waals surface area contributed by atoms with Crippen molar-refractivity contribution < 1.29 is 27.8 Å². The van der Waals surface area contributed by atoms with Crippen molar-refractivity contribution in [2.45, 2.75) is 83.0 Å². The summed E-state index contributed by atoms with van der Waals surface area (Å²) in [5, 5.41) is 10.1. The van der Waals surface area contributed by atoms with Crippen LogP contribution in [0, 0.1) is 17.5 Å². The van der Waals surface area contributed by atoms with Gasteiger partial charge in [0.2, 0.25) is 0 Å². The second-order valence-electron chi connectivity index (χ2n) is 10.6. The minimum absolute atomic E-state index is 0.00691. The van der Waals surface area contributed by atoms with Gasteiger partial charge in [0.15, 0.2) is 23.2 Å². The SMILES string of the molecule is C=CCCCOc1ccc(C2CCC(OCc3ccc(-c4ccc(C(O)CCC)cc4)c(F)c3F)CC2)cc1F. The maximum Gasteiger partial charge on any atom is 0.167 e. The van der Waals surface area contributed by atoms with Gasteiger partial charge >= 0.3 is 0 Å². The second-order valence-corrected chi connectivity index (χ2v) is 10.6. The smallest absolute Gasteiger partial charge is 0.167 e. The van der Waals surface area contributed by atoms with Crippen LogP contribution in [0.3, 0.4) is 0 Å². The zero-order valence-electron chi connectivity index (χ0n) is 23.2. The van der Waals surface area contributed by atoms with Crippen LogP contribution in [0.2, 0.25) is 0 Å². The van der Waals surface area contributed by atoms with Gasteiger partial charge in [0.25, 0.3) is 0 Å². The van der Waals surface area contributed by atoms with Crippen molar-refractivity contribution in [2.75, 3.05) is 6.61 Å². The number of rotatable bonds is 13. The van der Waals surface area contributed by atoms with Crippen LogP contribution in [-0.4, -0.2) is 17.8 Å². The molecule has 1 aliphatic carbocycles. The minimum atomic E-state index is -0.901. The van der Waals surface area contributed by atoms with E-state index >= 15 is 0 Å². The van der Waals surface area contributed by atoms with Crippen LogP contribution in [0.25, 0.3) is 11.1 Å². The number of hydrogen-bond donors (Lipinski definition) is 1. The summed E-state index contributed by atoms with van der Waals surface area (Å²) in [6.45, 7) is 6.12. The lowest BCUT2D eigenvalue weighted by Crippen LogP contribution is -2.21. The number of allylic oxidation sites excluding steroid dienone is 1. The van der Waals surface area contributed by atoms with Crippen LogP contribution in [-0.2, 0) is 11.3 Å². The van der Waals surface area contributed by atoms with Crippen LogP contribution < -0.4 is 4.74 Å². The van der Waals surface area contributed by atoms with E-state index in [1.54, 1.807) is 48.5 Å². The van der Waals surface area contributed by atoms with Crippen molar-refractivity contribution in [1.29, 1.82) is 0 Å². The third kappa shape index (κ3) is 7.55. The first kappa shape index (κ1) is 29.9. The van der Waals surface area contributed by atoms with Gasteiger partial charge in [0.1, 0.15) is 0 Å². The Morgan fingerprint density at radius 1 is 0.975 bits per heavy atom. The molecule has 0 bridgehead atoms. The Balaban J connectivity index is 1.29. The summed E-state index contributed by atoms with van der Waals surface area (Å²) in [4.78, 5) is 0. The summed E-state index contributed by atoms with van der Waals surface area (Å²) in [7, 11) is 0. The summed E-state index contributed by atoms with van der Waals surface area (Å²) < 4.78 is 56.0. The molecule has 6 heteroatoms. The van der Waals surface area contributed by atoms with Crippen LogP contribution >= 0.6 is 0 Å². The Kier molecular flexibility index (Phi) is 10.8. The van der Waals surface area contributed by atoms with E-state index in [1.165, 1.54) is 0 Å². The van der Waals surface area contributed by atoms with Crippen LogP contribution in [0.4, 0.5) is 13.2 Å². The van der Waals surface area contributed by atoms with Gasteiger partial charge in [-0.2, -0.15) is 0 Å².